The van der Waals surface area contributed by atoms with Crippen molar-refractivity contribution in [3.63, 3.8) is 0 Å². The summed E-state index contributed by atoms with van der Waals surface area (Å²) >= 11 is 0. The Balaban J connectivity index is 1.52. The molecule has 1 heterocycles. The van der Waals surface area contributed by atoms with Gasteiger partial charge in [-0.3, -0.25) is 9.59 Å². The van der Waals surface area contributed by atoms with Crippen LogP contribution in [0.15, 0.2) is 42.5 Å². The lowest BCUT2D eigenvalue weighted by Crippen LogP contribution is -2.22. The molecule has 1 atom stereocenters. The molecule has 7 heteroatoms. The highest BCUT2D eigenvalue weighted by Gasteiger charge is 2.29. The molecular weight excluding hydrogens is 342 g/mol. The van der Waals surface area contributed by atoms with Crippen LogP contribution < -0.4 is 5.32 Å². The van der Waals surface area contributed by atoms with Gasteiger partial charge in [0.05, 0.1) is 11.5 Å². The summed E-state index contributed by atoms with van der Waals surface area (Å²) in [6.45, 7) is -0.387. The van der Waals surface area contributed by atoms with Crippen molar-refractivity contribution < 1.29 is 22.7 Å². The fourth-order valence-corrected chi connectivity index (χ4v) is 4.86. The first kappa shape index (κ1) is 17.4. The maximum Gasteiger partial charge on any atom is 0.306 e. The van der Waals surface area contributed by atoms with Gasteiger partial charge in [-0.05, 0) is 23.8 Å². The van der Waals surface area contributed by atoms with Crippen molar-refractivity contribution in [1.29, 1.82) is 0 Å². The summed E-state index contributed by atoms with van der Waals surface area (Å²) in [7, 11) is -3.02. The van der Waals surface area contributed by atoms with Gasteiger partial charge in [0.15, 0.2) is 16.4 Å². The number of anilines is 1. The maximum absolute atomic E-state index is 12.0. The van der Waals surface area contributed by atoms with Gasteiger partial charge in [-0.1, -0.05) is 36.4 Å². The third-order valence-corrected chi connectivity index (χ3v) is 6.05. The van der Waals surface area contributed by atoms with Crippen molar-refractivity contribution in [1.82, 2.24) is 0 Å². The van der Waals surface area contributed by atoms with E-state index in [1.165, 1.54) is 0 Å². The Labute approximate surface area is 146 Å². The van der Waals surface area contributed by atoms with E-state index < -0.39 is 21.7 Å². The van der Waals surface area contributed by atoms with E-state index >= 15 is 0 Å². The topological polar surface area (TPSA) is 89.5 Å². The molecule has 1 unspecified atom stereocenters. The van der Waals surface area contributed by atoms with E-state index in [1.807, 2.05) is 36.4 Å². The minimum Gasteiger partial charge on any atom is -0.456 e. The van der Waals surface area contributed by atoms with Crippen LogP contribution in [-0.4, -0.2) is 38.4 Å². The molecule has 25 heavy (non-hydrogen) atoms. The van der Waals surface area contributed by atoms with Gasteiger partial charge >= 0.3 is 5.97 Å². The lowest BCUT2D eigenvalue weighted by molar-refractivity contribution is -0.148. The number of benzene rings is 2. The Bertz CT molecular complexity index is 901. The van der Waals surface area contributed by atoms with Crippen molar-refractivity contribution in [2.75, 3.05) is 23.4 Å². The van der Waals surface area contributed by atoms with Gasteiger partial charge in [0.1, 0.15) is 0 Å². The molecule has 1 saturated heterocycles. The van der Waals surface area contributed by atoms with Crippen LogP contribution in [0.25, 0.3) is 10.8 Å². The first-order chi connectivity index (χ1) is 11.9. The first-order valence-electron chi connectivity index (χ1n) is 8.06. The SMILES string of the molecule is O=C(COC(=O)CC1CCS(=O)(=O)C1)Nc1cccc2ccccc12. The van der Waals surface area contributed by atoms with Gasteiger partial charge in [-0.25, -0.2) is 8.42 Å². The summed E-state index contributed by atoms with van der Waals surface area (Å²) in [5, 5.41) is 4.64. The molecule has 1 aliphatic heterocycles. The number of hydrogen-bond acceptors (Lipinski definition) is 5. The summed E-state index contributed by atoms with van der Waals surface area (Å²) in [5.41, 5.74) is 0.654. The van der Waals surface area contributed by atoms with Crippen LogP contribution >= 0.6 is 0 Å². The molecule has 0 aromatic heterocycles. The highest BCUT2D eigenvalue weighted by molar-refractivity contribution is 7.91. The third-order valence-electron chi connectivity index (χ3n) is 4.21. The van der Waals surface area contributed by atoms with Crippen LogP contribution in [0.2, 0.25) is 0 Å². The van der Waals surface area contributed by atoms with Gasteiger partial charge in [0.2, 0.25) is 0 Å². The third kappa shape index (κ3) is 4.57. The summed E-state index contributed by atoms with van der Waals surface area (Å²) < 4.78 is 27.7. The summed E-state index contributed by atoms with van der Waals surface area (Å²) in [6, 6.07) is 13.2. The van der Waals surface area contributed by atoms with Crippen LogP contribution in [0, 0.1) is 5.92 Å². The fourth-order valence-electron chi connectivity index (χ4n) is 2.99. The number of rotatable bonds is 5. The number of fused-ring (bicyclic) bond motifs is 1. The highest BCUT2D eigenvalue weighted by atomic mass is 32.2. The number of hydrogen-bond donors (Lipinski definition) is 1. The van der Waals surface area contributed by atoms with E-state index in [0.29, 0.717) is 12.1 Å². The number of esters is 1. The van der Waals surface area contributed by atoms with E-state index in [0.717, 1.165) is 10.8 Å². The molecule has 3 rings (SSSR count). The summed E-state index contributed by atoms with van der Waals surface area (Å²) in [5.74, 6) is -1.05. The molecule has 1 fully saturated rings. The Kier molecular flexibility index (Phi) is 5.03. The lowest BCUT2D eigenvalue weighted by atomic mass is 10.1. The number of carbonyl (C=O) groups excluding carboxylic acids is 2. The molecule has 0 radical (unpaired) electrons. The predicted octanol–water partition coefficient (Wildman–Crippen LogP) is 2.15. The van der Waals surface area contributed by atoms with E-state index in [1.54, 1.807) is 6.07 Å². The fraction of sp³-hybridized carbons (Fsp3) is 0.333. The quantitative estimate of drug-likeness (QED) is 0.824. The van der Waals surface area contributed by atoms with E-state index in [-0.39, 0.29) is 30.5 Å². The number of nitrogens with one attached hydrogen (secondary N) is 1. The van der Waals surface area contributed by atoms with E-state index in [4.69, 9.17) is 4.74 Å². The molecule has 6 nitrogen and oxygen atoms in total. The molecule has 0 aliphatic carbocycles. The Morgan fingerprint density at radius 3 is 2.64 bits per heavy atom. The van der Waals surface area contributed by atoms with Gasteiger partial charge < -0.3 is 10.1 Å². The Hall–Kier alpha value is -2.41. The molecule has 2 aromatic carbocycles. The molecular formula is C18H19NO5S. The van der Waals surface area contributed by atoms with Crippen molar-refractivity contribution in [2.24, 2.45) is 5.92 Å². The normalized spacial score (nSPS) is 18.8. The molecule has 1 aliphatic rings. The number of ether oxygens (including phenoxy) is 1. The second-order valence-electron chi connectivity index (χ2n) is 6.21. The van der Waals surface area contributed by atoms with Crippen LogP contribution in [0.1, 0.15) is 12.8 Å². The molecule has 1 N–H and O–H groups in total. The van der Waals surface area contributed by atoms with Crippen LogP contribution in [-0.2, 0) is 24.2 Å². The number of amides is 1. The van der Waals surface area contributed by atoms with Crippen LogP contribution in [0.3, 0.4) is 0 Å². The van der Waals surface area contributed by atoms with Crippen LogP contribution in [0.5, 0.6) is 0 Å². The lowest BCUT2D eigenvalue weighted by Gasteiger charge is -2.10. The minimum absolute atomic E-state index is 0.0182. The predicted molar refractivity (Wildman–Crippen MR) is 94.9 cm³/mol. The standard InChI is InChI=1S/C18H19NO5S/c20-17(11-24-18(21)10-13-8-9-25(22,23)12-13)19-16-7-3-5-14-4-1-2-6-15(14)16/h1-7,13H,8-12H2,(H,19,20). The van der Waals surface area contributed by atoms with Crippen molar-refractivity contribution in [3.05, 3.63) is 42.5 Å². The van der Waals surface area contributed by atoms with Crippen molar-refractivity contribution in [2.45, 2.75) is 12.8 Å². The van der Waals surface area contributed by atoms with Gasteiger partial charge in [0.25, 0.3) is 5.91 Å². The maximum atomic E-state index is 12.0. The molecule has 0 spiro atoms. The van der Waals surface area contributed by atoms with E-state index in [9.17, 15) is 18.0 Å². The minimum atomic E-state index is -3.02. The molecule has 1 amide bonds. The monoisotopic (exact) mass is 361 g/mol. The zero-order valence-electron chi connectivity index (χ0n) is 13.6. The zero-order chi connectivity index (χ0) is 17.9. The number of carbonyl (C=O) groups is 2. The van der Waals surface area contributed by atoms with Crippen molar-refractivity contribution >= 4 is 38.2 Å². The molecule has 2 aromatic rings. The zero-order valence-corrected chi connectivity index (χ0v) is 14.4. The van der Waals surface area contributed by atoms with Crippen LogP contribution in [0.4, 0.5) is 5.69 Å². The summed E-state index contributed by atoms with van der Waals surface area (Å²) in [6.07, 6.45) is 0.500. The molecule has 0 saturated carbocycles. The molecule has 0 bridgehead atoms. The molecule has 132 valence electrons. The number of sulfone groups is 1. The smallest absolute Gasteiger partial charge is 0.306 e. The average molecular weight is 361 g/mol. The Morgan fingerprint density at radius 2 is 1.88 bits per heavy atom. The summed E-state index contributed by atoms with van der Waals surface area (Å²) in [4.78, 5) is 23.8. The highest BCUT2D eigenvalue weighted by Crippen LogP contribution is 2.23. The van der Waals surface area contributed by atoms with Gasteiger partial charge in [0, 0.05) is 17.5 Å². The second kappa shape index (κ2) is 7.23. The Morgan fingerprint density at radius 1 is 1.12 bits per heavy atom. The van der Waals surface area contributed by atoms with Crippen molar-refractivity contribution in [3.8, 4) is 0 Å². The largest absolute Gasteiger partial charge is 0.456 e. The average Bonchev–Trinajstić information content (AvgIpc) is 2.92. The second-order valence-corrected chi connectivity index (χ2v) is 8.44. The van der Waals surface area contributed by atoms with E-state index in [2.05, 4.69) is 5.32 Å². The van der Waals surface area contributed by atoms with Gasteiger partial charge in [-0.2, -0.15) is 0 Å². The first-order valence-corrected chi connectivity index (χ1v) is 9.89. The van der Waals surface area contributed by atoms with Gasteiger partial charge in [-0.15, -0.1) is 0 Å².